The lowest BCUT2D eigenvalue weighted by Gasteiger charge is -2.35. The van der Waals surface area contributed by atoms with Gasteiger partial charge in [0.15, 0.2) is 5.82 Å². The van der Waals surface area contributed by atoms with Crippen LogP contribution in [-0.2, 0) is 4.79 Å². The quantitative estimate of drug-likeness (QED) is 0.810. The van der Waals surface area contributed by atoms with E-state index in [9.17, 15) is 4.79 Å². The summed E-state index contributed by atoms with van der Waals surface area (Å²) in [4.78, 5) is 20.1. The molecule has 1 aromatic rings. The predicted molar refractivity (Wildman–Crippen MR) is 80.6 cm³/mol. The predicted octanol–water partition coefficient (Wildman–Crippen LogP) is 0.312. The summed E-state index contributed by atoms with van der Waals surface area (Å²) in [7, 11) is 1.68. The maximum Gasteiger partial charge on any atom is 0.219 e. The van der Waals surface area contributed by atoms with Crippen LogP contribution in [0.15, 0.2) is 18.3 Å². The average molecular weight is 277 g/mol. The molecule has 6 heteroatoms. The summed E-state index contributed by atoms with van der Waals surface area (Å²) in [5, 5.41) is 2.65. The number of hydrogen-bond donors (Lipinski definition) is 2. The zero-order chi connectivity index (χ0) is 14.4. The van der Waals surface area contributed by atoms with E-state index in [1.165, 1.54) is 0 Å². The molecular formula is C14H23N5O. The number of nitrogens with one attached hydrogen (secondary N) is 1. The van der Waals surface area contributed by atoms with Gasteiger partial charge in [-0.3, -0.25) is 9.69 Å². The molecule has 1 aromatic heterocycles. The van der Waals surface area contributed by atoms with Gasteiger partial charge < -0.3 is 16.0 Å². The largest absolute Gasteiger partial charge is 0.396 e. The first kappa shape index (κ1) is 14.6. The highest BCUT2D eigenvalue weighted by Gasteiger charge is 2.19. The highest BCUT2D eigenvalue weighted by Crippen LogP contribution is 2.20. The SMILES string of the molecule is CNC(=O)CCCN1CCN(c2ncccc2N)CC1. The van der Waals surface area contributed by atoms with E-state index in [1.54, 1.807) is 13.2 Å². The van der Waals surface area contributed by atoms with E-state index in [-0.39, 0.29) is 5.91 Å². The van der Waals surface area contributed by atoms with Gasteiger partial charge in [-0.05, 0) is 25.1 Å². The van der Waals surface area contributed by atoms with Crippen molar-refractivity contribution in [3.05, 3.63) is 18.3 Å². The molecule has 0 saturated carbocycles. The Morgan fingerprint density at radius 2 is 2.15 bits per heavy atom. The highest BCUT2D eigenvalue weighted by atomic mass is 16.1. The summed E-state index contributed by atoms with van der Waals surface area (Å²) in [5.41, 5.74) is 6.69. The molecule has 1 amide bonds. The maximum absolute atomic E-state index is 11.2. The molecule has 1 aliphatic heterocycles. The number of carbonyl (C=O) groups excluding carboxylic acids is 1. The first-order valence-corrected chi connectivity index (χ1v) is 7.09. The zero-order valence-corrected chi connectivity index (χ0v) is 12.0. The number of hydrogen-bond acceptors (Lipinski definition) is 5. The van der Waals surface area contributed by atoms with Crippen molar-refractivity contribution >= 4 is 17.4 Å². The van der Waals surface area contributed by atoms with Gasteiger partial charge in [0.25, 0.3) is 0 Å². The molecule has 1 saturated heterocycles. The number of amides is 1. The van der Waals surface area contributed by atoms with Crippen LogP contribution in [0.4, 0.5) is 11.5 Å². The number of piperazine rings is 1. The minimum atomic E-state index is 0.116. The summed E-state index contributed by atoms with van der Waals surface area (Å²) in [6, 6.07) is 3.74. The first-order valence-electron chi connectivity index (χ1n) is 7.09. The van der Waals surface area contributed by atoms with Gasteiger partial charge in [-0.1, -0.05) is 0 Å². The van der Waals surface area contributed by atoms with Gasteiger partial charge in [0.05, 0.1) is 5.69 Å². The molecule has 2 heterocycles. The molecule has 20 heavy (non-hydrogen) atoms. The molecule has 3 N–H and O–H groups in total. The van der Waals surface area contributed by atoms with E-state index in [4.69, 9.17) is 5.73 Å². The second-order valence-electron chi connectivity index (χ2n) is 5.02. The van der Waals surface area contributed by atoms with Crippen molar-refractivity contribution in [3.8, 4) is 0 Å². The summed E-state index contributed by atoms with van der Waals surface area (Å²) in [6.07, 6.45) is 3.29. The van der Waals surface area contributed by atoms with Crippen molar-refractivity contribution in [2.75, 3.05) is 50.4 Å². The first-order chi connectivity index (χ1) is 9.70. The lowest BCUT2D eigenvalue weighted by molar-refractivity contribution is -0.120. The Kier molecular flexibility index (Phi) is 5.17. The number of pyridine rings is 1. The van der Waals surface area contributed by atoms with Gasteiger partial charge in [-0.2, -0.15) is 0 Å². The Balaban J connectivity index is 1.75. The van der Waals surface area contributed by atoms with E-state index in [0.717, 1.165) is 50.6 Å². The number of carbonyl (C=O) groups is 1. The van der Waals surface area contributed by atoms with Crippen LogP contribution >= 0.6 is 0 Å². The Morgan fingerprint density at radius 3 is 2.80 bits per heavy atom. The molecule has 0 radical (unpaired) electrons. The average Bonchev–Trinajstić information content (AvgIpc) is 2.48. The fraction of sp³-hybridized carbons (Fsp3) is 0.571. The molecule has 0 atom stereocenters. The Morgan fingerprint density at radius 1 is 1.40 bits per heavy atom. The van der Waals surface area contributed by atoms with Gasteiger partial charge >= 0.3 is 0 Å². The molecule has 2 rings (SSSR count). The second kappa shape index (κ2) is 7.09. The lowest BCUT2D eigenvalue weighted by Crippen LogP contribution is -2.47. The van der Waals surface area contributed by atoms with Gasteiger partial charge in [-0.15, -0.1) is 0 Å². The van der Waals surface area contributed by atoms with Crippen molar-refractivity contribution in [1.29, 1.82) is 0 Å². The number of nitrogens with zero attached hydrogens (tertiary/aromatic N) is 3. The van der Waals surface area contributed by atoms with E-state index >= 15 is 0 Å². The number of nitrogen functional groups attached to an aromatic ring is 1. The van der Waals surface area contributed by atoms with Crippen LogP contribution in [0.1, 0.15) is 12.8 Å². The number of nitrogens with two attached hydrogens (primary N) is 1. The molecular weight excluding hydrogens is 254 g/mol. The minimum Gasteiger partial charge on any atom is -0.396 e. The van der Waals surface area contributed by atoms with E-state index in [1.807, 2.05) is 12.1 Å². The Labute approximate surface area is 120 Å². The third kappa shape index (κ3) is 3.84. The molecule has 1 fully saturated rings. The van der Waals surface area contributed by atoms with Crippen LogP contribution in [0.25, 0.3) is 0 Å². The second-order valence-corrected chi connectivity index (χ2v) is 5.02. The fourth-order valence-electron chi connectivity index (χ4n) is 2.45. The molecule has 0 aliphatic carbocycles. The topological polar surface area (TPSA) is 74.5 Å². The van der Waals surface area contributed by atoms with Crippen molar-refractivity contribution < 1.29 is 4.79 Å². The molecule has 1 aliphatic rings. The van der Waals surface area contributed by atoms with Gasteiger partial charge in [0, 0.05) is 45.8 Å². The zero-order valence-electron chi connectivity index (χ0n) is 12.0. The molecule has 0 aromatic carbocycles. The smallest absolute Gasteiger partial charge is 0.219 e. The molecule has 6 nitrogen and oxygen atoms in total. The van der Waals surface area contributed by atoms with Crippen molar-refractivity contribution in [2.45, 2.75) is 12.8 Å². The van der Waals surface area contributed by atoms with Crippen molar-refractivity contribution in [1.82, 2.24) is 15.2 Å². The molecule has 0 spiro atoms. The van der Waals surface area contributed by atoms with Crippen LogP contribution in [0.5, 0.6) is 0 Å². The monoisotopic (exact) mass is 277 g/mol. The van der Waals surface area contributed by atoms with Crippen LogP contribution < -0.4 is 16.0 Å². The third-order valence-electron chi connectivity index (χ3n) is 3.65. The summed E-state index contributed by atoms with van der Waals surface area (Å²) in [5.74, 6) is 1.00. The van der Waals surface area contributed by atoms with Crippen molar-refractivity contribution in [2.24, 2.45) is 0 Å². The number of anilines is 2. The summed E-state index contributed by atoms with van der Waals surface area (Å²) < 4.78 is 0. The summed E-state index contributed by atoms with van der Waals surface area (Å²) >= 11 is 0. The number of rotatable bonds is 5. The third-order valence-corrected chi connectivity index (χ3v) is 3.65. The standard InChI is InChI=1S/C14H23N5O/c1-16-13(20)5-3-7-18-8-10-19(11-9-18)14-12(15)4-2-6-17-14/h2,4,6H,3,5,7-11,15H2,1H3,(H,16,20). The molecule has 0 unspecified atom stereocenters. The van der Waals surface area contributed by atoms with Gasteiger partial charge in [-0.25, -0.2) is 4.98 Å². The molecule has 0 bridgehead atoms. The van der Waals surface area contributed by atoms with Gasteiger partial charge in [0.1, 0.15) is 0 Å². The summed E-state index contributed by atoms with van der Waals surface area (Å²) in [6.45, 7) is 4.81. The maximum atomic E-state index is 11.2. The van der Waals surface area contributed by atoms with E-state index in [2.05, 4.69) is 20.1 Å². The van der Waals surface area contributed by atoms with Gasteiger partial charge in [0.2, 0.25) is 5.91 Å². The minimum absolute atomic E-state index is 0.116. The van der Waals surface area contributed by atoms with E-state index in [0.29, 0.717) is 6.42 Å². The highest BCUT2D eigenvalue weighted by molar-refractivity contribution is 5.75. The van der Waals surface area contributed by atoms with Crippen molar-refractivity contribution in [3.63, 3.8) is 0 Å². The lowest BCUT2D eigenvalue weighted by atomic mass is 10.2. The van der Waals surface area contributed by atoms with Crippen LogP contribution in [0.3, 0.4) is 0 Å². The Bertz CT molecular complexity index is 443. The Hall–Kier alpha value is -1.82. The van der Waals surface area contributed by atoms with Crippen LogP contribution in [0.2, 0.25) is 0 Å². The van der Waals surface area contributed by atoms with Crippen LogP contribution in [0, 0.1) is 0 Å². The number of aromatic nitrogens is 1. The van der Waals surface area contributed by atoms with Crippen LogP contribution in [-0.4, -0.2) is 55.6 Å². The molecule has 110 valence electrons. The fourth-order valence-corrected chi connectivity index (χ4v) is 2.45. The van der Waals surface area contributed by atoms with E-state index < -0.39 is 0 Å². The normalized spacial score (nSPS) is 16.1.